The van der Waals surface area contributed by atoms with Crippen LogP contribution in [0.15, 0.2) is 12.1 Å². The van der Waals surface area contributed by atoms with E-state index >= 15 is 0 Å². The lowest BCUT2D eigenvalue weighted by Gasteiger charge is -2.12. The van der Waals surface area contributed by atoms with Crippen molar-refractivity contribution in [2.75, 3.05) is 6.54 Å². The third-order valence-corrected chi connectivity index (χ3v) is 3.55. The molecule has 1 aliphatic rings. The van der Waals surface area contributed by atoms with Gasteiger partial charge in [0.1, 0.15) is 0 Å². The minimum absolute atomic E-state index is 0.989. The van der Waals surface area contributed by atoms with Crippen LogP contribution in [0.2, 0.25) is 0 Å². The number of benzene rings is 1. The molecule has 1 aromatic carbocycles. The van der Waals surface area contributed by atoms with Crippen LogP contribution in [0.25, 0.3) is 10.9 Å². The Bertz CT molecular complexity index is 523. The first-order chi connectivity index (χ1) is 7.27. The highest BCUT2D eigenvalue weighted by atomic mass is 14.9. The van der Waals surface area contributed by atoms with Crippen LogP contribution in [0.4, 0.5) is 0 Å². The fourth-order valence-corrected chi connectivity index (χ4v) is 2.48. The van der Waals surface area contributed by atoms with Crippen molar-refractivity contribution in [1.29, 1.82) is 0 Å². The second-order valence-electron chi connectivity index (χ2n) is 4.44. The van der Waals surface area contributed by atoms with Crippen molar-refractivity contribution in [2.24, 2.45) is 0 Å². The molecule has 2 nitrogen and oxygen atoms in total. The first kappa shape index (κ1) is 8.98. The molecule has 1 aromatic heterocycles. The zero-order valence-corrected chi connectivity index (χ0v) is 9.28. The number of rotatable bonds is 0. The normalized spacial score (nSPS) is 15.6. The van der Waals surface area contributed by atoms with Gasteiger partial charge in [0, 0.05) is 23.1 Å². The van der Waals surface area contributed by atoms with Crippen LogP contribution >= 0.6 is 0 Å². The predicted octanol–water partition coefficient (Wildman–Crippen LogP) is 2.43. The van der Waals surface area contributed by atoms with E-state index in [1.807, 2.05) is 0 Å². The summed E-state index contributed by atoms with van der Waals surface area (Å²) < 4.78 is 0. The van der Waals surface area contributed by atoms with Crippen LogP contribution in [-0.2, 0) is 13.0 Å². The van der Waals surface area contributed by atoms with E-state index in [9.17, 15) is 0 Å². The van der Waals surface area contributed by atoms with E-state index < -0.39 is 0 Å². The maximum absolute atomic E-state index is 3.56. The van der Waals surface area contributed by atoms with Crippen LogP contribution in [0.1, 0.15) is 22.4 Å². The maximum Gasteiger partial charge on any atom is 0.0491 e. The van der Waals surface area contributed by atoms with Gasteiger partial charge >= 0.3 is 0 Å². The zero-order valence-electron chi connectivity index (χ0n) is 9.28. The fourth-order valence-electron chi connectivity index (χ4n) is 2.48. The summed E-state index contributed by atoms with van der Waals surface area (Å²) in [6.07, 6.45) is 1.15. The van der Waals surface area contributed by atoms with Crippen molar-refractivity contribution in [3.8, 4) is 0 Å². The smallest absolute Gasteiger partial charge is 0.0491 e. The first-order valence-corrected chi connectivity index (χ1v) is 5.57. The highest BCUT2D eigenvalue weighted by Crippen LogP contribution is 2.28. The van der Waals surface area contributed by atoms with Gasteiger partial charge in [-0.25, -0.2) is 0 Å². The standard InChI is InChI=1S/C13H16N2/c1-8-3-4-11-10-5-6-14-7-12(10)15-13(11)9(8)2/h3-4,14-15H,5-7H2,1-2H3. The molecule has 1 aliphatic heterocycles. The lowest BCUT2D eigenvalue weighted by atomic mass is 10.0. The topological polar surface area (TPSA) is 27.8 Å². The highest BCUT2D eigenvalue weighted by Gasteiger charge is 2.15. The Balaban J connectivity index is 2.36. The second kappa shape index (κ2) is 3.11. The van der Waals surface area contributed by atoms with Gasteiger partial charge < -0.3 is 10.3 Å². The molecular formula is C13H16N2. The number of fused-ring (bicyclic) bond motifs is 3. The van der Waals surface area contributed by atoms with E-state index in [2.05, 4.69) is 36.3 Å². The summed E-state index contributed by atoms with van der Waals surface area (Å²) in [6, 6.07) is 4.49. The van der Waals surface area contributed by atoms with Crippen molar-refractivity contribution in [3.63, 3.8) is 0 Å². The summed E-state index contributed by atoms with van der Waals surface area (Å²) in [5, 5.41) is 4.83. The molecule has 0 amide bonds. The Kier molecular flexibility index (Phi) is 1.86. The molecule has 2 aromatic rings. The maximum atomic E-state index is 3.56. The number of aryl methyl sites for hydroxylation is 2. The van der Waals surface area contributed by atoms with E-state index in [-0.39, 0.29) is 0 Å². The Hall–Kier alpha value is -1.28. The fraction of sp³-hybridized carbons (Fsp3) is 0.385. The summed E-state index contributed by atoms with van der Waals surface area (Å²) in [7, 11) is 0. The highest BCUT2D eigenvalue weighted by molar-refractivity contribution is 5.88. The third-order valence-electron chi connectivity index (χ3n) is 3.55. The molecule has 0 aliphatic carbocycles. The molecule has 78 valence electrons. The molecule has 0 fully saturated rings. The predicted molar refractivity (Wildman–Crippen MR) is 63.2 cm³/mol. The van der Waals surface area contributed by atoms with Gasteiger partial charge in [-0.15, -0.1) is 0 Å². The van der Waals surface area contributed by atoms with Gasteiger partial charge in [0.05, 0.1) is 0 Å². The lowest BCUT2D eigenvalue weighted by molar-refractivity contribution is 0.637. The summed E-state index contributed by atoms with van der Waals surface area (Å²) >= 11 is 0. The van der Waals surface area contributed by atoms with Crippen molar-refractivity contribution < 1.29 is 0 Å². The number of nitrogens with one attached hydrogen (secondary N) is 2. The third kappa shape index (κ3) is 1.21. The van der Waals surface area contributed by atoms with Gasteiger partial charge in [-0.3, -0.25) is 0 Å². The lowest BCUT2D eigenvalue weighted by Crippen LogP contribution is -2.22. The average molecular weight is 200 g/mol. The summed E-state index contributed by atoms with van der Waals surface area (Å²) in [5.74, 6) is 0. The molecule has 0 saturated heterocycles. The number of aromatic nitrogens is 1. The van der Waals surface area contributed by atoms with E-state index in [0.29, 0.717) is 0 Å². The van der Waals surface area contributed by atoms with Crippen LogP contribution < -0.4 is 5.32 Å². The monoisotopic (exact) mass is 200 g/mol. The SMILES string of the molecule is Cc1ccc2c3c([nH]c2c1C)CNCC3. The zero-order chi connectivity index (χ0) is 10.4. The molecule has 0 unspecified atom stereocenters. The van der Waals surface area contributed by atoms with Crippen LogP contribution in [0, 0.1) is 13.8 Å². The molecule has 0 radical (unpaired) electrons. The average Bonchev–Trinajstić information content (AvgIpc) is 2.63. The molecule has 2 heterocycles. The largest absolute Gasteiger partial charge is 0.357 e. The molecule has 0 spiro atoms. The minimum atomic E-state index is 0.989. The van der Waals surface area contributed by atoms with Crippen LogP contribution in [0.3, 0.4) is 0 Å². The Morgan fingerprint density at radius 2 is 2.07 bits per heavy atom. The van der Waals surface area contributed by atoms with E-state index in [4.69, 9.17) is 0 Å². The Morgan fingerprint density at radius 1 is 1.20 bits per heavy atom. The minimum Gasteiger partial charge on any atom is -0.357 e. The van der Waals surface area contributed by atoms with Gasteiger partial charge in [0.2, 0.25) is 0 Å². The molecule has 15 heavy (non-hydrogen) atoms. The number of hydrogen-bond acceptors (Lipinski definition) is 1. The van der Waals surface area contributed by atoms with E-state index in [1.165, 1.54) is 33.3 Å². The molecular weight excluding hydrogens is 184 g/mol. The van der Waals surface area contributed by atoms with Crippen molar-refractivity contribution >= 4 is 10.9 Å². The van der Waals surface area contributed by atoms with E-state index in [1.54, 1.807) is 0 Å². The van der Waals surface area contributed by atoms with Crippen molar-refractivity contribution in [3.05, 3.63) is 34.5 Å². The molecule has 0 atom stereocenters. The van der Waals surface area contributed by atoms with Gasteiger partial charge in [-0.2, -0.15) is 0 Å². The van der Waals surface area contributed by atoms with Gasteiger partial charge in [-0.05, 0) is 43.5 Å². The van der Waals surface area contributed by atoms with E-state index in [0.717, 1.165) is 19.5 Å². The summed E-state index contributed by atoms with van der Waals surface area (Å²) in [4.78, 5) is 3.56. The number of H-pyrrole nitrogens is 1. The number of aromatic amines is 1. The summed E-state index contributed by atoms with van der Waals surface area (Å²) in [5.41, 5.74) is 7.00. The second-order valence-corrected chi connectivity index (χ2v) is 4.44. The Morgan fingerprint density at radius 3 is 2.93 bits per heavy atom. The summed E-state index contributed by atoms with van der Waals surface area (Å²) in [6.45, 7) is 6.47. The molecule has 0 saturated carbocycles. The van der Waals surface area contributed by atoms with Crippen molar-refractivity contribution in [2.45, 2.75) is 26.8 Å². The Labute approximate surface area is 89.7 Å². The van der Waals surface area contributed by atoms with Gasteiger partial charge in [0.15, 0.2) is 0 Å². The van der Waals surface area contributed by atoms with Crippen LogP contribution in [0.5, 0.6) is 0 Å². The molecule has 2 heteroatoms. The van der Waals surface area contributed by atoms with Crippen molar-refractivity contribution in [1.82, 2.24) is 10.3 Å². The molecule has 0 bridgehead atoms. The molecule has 3 rings (SSSR count). The molecule has 2 N–H and O–H groups in total. The van der Waals surface area contributed by atoms with Crippen LogP contribution in [-0.4, -0.2) is 11.5 Å². The quantitative estimate of drug-likeness (QED) is 0.671. The van der Waals surface area contributed by atoms with Gasteiger partial charge in [-0.1, -0.05) is 12.1 Å². The first-order valence-electron chi connectivity index (χ1n) is 5.57. The number of hydrogen-bond donors (Lipinski definition) is 2. The van der Waals surface area contributed by atoms with Gasteiger partial charge in [0.25, 0.3) is 0 Å².